The molecule has 1 aromatic carbocycles. The normalized spacial score (nSPS) is 13.9. The van der Waals surface area contributed by atoms with Crippen molar-refractivity contribution in [3.05, 3.63) is 35.2 Å². The first kappa shape index (κ1) is 14.5. The summed E-state index contributed by atoms with van der Waals surface area (Å²) in [5, 5.41) is 7.34. The van der Waals surface area contributed by atoms with E-state index in [1.54, 1.807) is 0 Å². The first-order chi connectivity index (χ1) is 9.10. The monoisotopic (exact) mass is 275 g/mol. The fourth-order valence-corrected chi connectivity index (χ4v) is 3.49. The molecule has 0 saturated heterocycles. The van der Waals surface area contributed by atoms with Crippen LogP contribution >= 0.6 is 11.3 Å². The van der Waals surface area contributed by atoms with Gasteiger partial charge in [0.15, 0.2) is 0 Å². The first-order valence-corrected chi connectivity index (χ1v) is 8.17. The molecule has 1 aromatic heterocycles. The summed E-state index contributed by atoms with van der Waals surface area (Å²) in [5.74, 6) is 0. The van der Waals surface area contributed by atoms with Crippen LogP contribution in [0.15, 0.2) is 29.6 Å². The minimum Gasteiger partial charge on any atom is -0.309 e. The van der Waals surface area contributed by atoms with Crippen molar-refractivity contribution in [1.82, 2.24) is 5.32 Å². The van der Waals surface area contributed by atoms with E-state index >= 15 is 0 Å². The van der Waals surface area contributed by atoms with Gasteiger partial charge < -0.3 is 5.32 Å². The van der Waals surface area contributed by atoms with Crippen LogP contribution in [0.4, 0.5) is 0 Å². The second-order valence-electron chi connectivity index (χ2n) is 5.92. The van der Waals surface area contributed by atoms with Crippen molar-refractivity contribution >= 4 is 21.4 Å². The highest BCUT2D eigenvalue weighted by Crippen LogP contribution is 2.40. The highest BCUT2D eigenvalue weighted by molar-refractivity contribution is 7.17. The summed E-state index contributed by atoms with van der Waals surface area (Å²) < 4.78 is 1.44. The van der Waals surface area contributed by atoms with Crippen molar-refractivity contribution in [2.24, 2.45) is 5.41 Å². The second kappa shape index (κ2) is 6.06. The molecule has 104 valence electrons. The Bertz CT molecular complexity index is 527. The maximum atomic E-state index is 3.77. The molecule has 1 unspecified atom stereocenters. The summed E-state index contributed by atoms with van der Waals surface area (Å²) in [7, 11) is 0. The summed E-state index contributed by atoms with van der Waals surface area (Å²) in [6.07, 6.45) is 2.35. The van der Waals surface area contributed by atoms with Crippen molar-refractivity contribution in [1.29, 1.82) is 0 Å². The first-order valence-electron chi connectivity index (χ1n) is 7.29. The summed E-state index contributed by atoms with van der Waals surface area (Å²) in [5.41, 5.74) is 1.74. The standard InChI is InChI=1S/C17H25NS/c1-5-11-18-16(17(3,4)6-2)14-9-7-8-13-10-12-19-15(13)14/h7-10,12,16,18H,5-6,11H2,1-4H3. The molecule has 0 saturated carbocycles. The van der Waals surface area contributed by atoms with Crippen LogP contribution in [0.1, 0.15) is 52.1 Å². The van der Waals surface area contributed by atoms with Crippen LogP contribution in [-0.4, -0.2) is 6.54 Å². The predicted molar refractivity (Wildman–Crippen MR) is 86.9 cm³/mol. The van der Waals surface area contributed by atoms with E-state index in [4.69, 9.17) is 0 Å². The number of fused-ring (bicyclic) bond motifs is 1. The molecule has 0 spiro atoms. The molecule has 19 heavy (non-hydrogen) atoms. The fraction of sp³-hybridized carbons (Fsp3) is 0.529. The van der Waals surface area contributed by atoms with Gasteiger partial charge in [0, 0.05) is 10.7 Å². The average molecular weight is 275 g/mol. The van der Waals surface area contributed by atoms with Crippen LogP contribution in [0.25, 0.3) is 10.1 Å². The summed E-state index contributed by atoms with van der Waals surface area (Å²) in [4.78, 5) is 0. The SMILES string of the molecule is CCCNC(c1cccc2ccsc12)C(C)(C)CC. The van der Waals surface area contributed by atoms with E-state index < -0.39 is 0 Å². The van der Waals surface area contributed by atoms with Gasteiger partial charge in [-0.3, -0.25) is 0 Å². The molecule has 2 heteroatoms. The van der Waals surface area contributed by atoms with Crippen LogP contribution < -0.4 is 5.32 Å². The molecule has 0 aliphatic rings. The van der Waals surface area contributed by atoms with E-state index in [1.807, 2.05) is 11.3 Å². The lowest BCUT2D eigenvalue weighted by molar-refractivity contribution is 0.236. The number of thiophene rings is 1. The lowest BCUT2D eigenvalue weighted by Gasteiger charge is -2.35. The van der Waals surface area contributed by atoms with E-state index in [0.29, 0.717) is 6.04 Å². The molecule has 1 N–H and O–H groups in total. The number of hydrogen-bond acceptors (Lipinski definition) is 2. The van der Waals surface area contributed by atoms with Gasteiger partial charge in [0.05, 0.1) is 0 Å². The Hall–Kier alpha value is -0.860. The molecule has 2 rings (SSSR count). The molecule has 1 atom stereocenters. The zero-order valence-corrected chi connectivity index (χ0v) is 13.3. The highest BCUT2D eigenvalue weighted by atomic mass is 32.1. The lowest BCUT2D eigenvalue weighted by atomic mass is 9.78. The largest absolute Gasteiger partial charge is 0.309 e. The zero-order chi connectivity index (χ0) is 13.9. The number of benzene rings is 1. The molecule has 0 amide bonds. The zero-order valence-electron chi connectivity index (χ0n) is 12.5. The predicted octanol–water partition coefficient (Wildman–Crippen LogP) is 5.38. The summed E-state index contributed by atoms with van der Waals surface area (Å²) >= 11 is 1.86. The summed E-state index contributed by atoms with van der Waals surface area (Å²) in [6, 6.07) is 9.35. The van der Waals surface area contributed by atoms with Gasteiger partial charge in [0.1, 0.15) is 0 Å². The van der Waals surface area contributed by atoms with Crippen LogP contribution in [0.2, 0.25) is 0 Å². The number of rotatable bonds is 6. The Morgan fingerprint density at radius 1 is 1.21 bits per heavy atom. The maximum Gasteiger partial charge on any atom is 0.0390 e. The van der Waals surface area contributed by atoms with Crippen LogP contribution in [0, 0.1) is 5.41 Å². The molecule has 2 aromatic rings. The van der Waals surface area contributed by atoms with Gasteiger partial charge in [-0.25, -0.2) is 0 Å². The minimum absolute atomic E-state index is 0.271. The van der Waals surface area contributed by atoms with Crippen molar-refractivity contribution < 1.29 is 0 Å². The van der Waals surface area contributed by atoms with Crippen LogP contribution in [0.5, 0.6) is 0 Å². The topological polar surface area (TPSA) is 12.0 Å². The van der Waals surface area contributed by atoms with Gasteiger partial charge in [-0.2, -0.15) is 0 Å². The van der Waals surface area contributed by atoms with E-state index in [0.717, 1.165) is 6.54 Å². The van der Waals surface area contributed by atoms with Gasteiger partial charge >= 0.3 is 0 Å². The van der Waals surface area contributed by atoms with Gasteiger partial charge in [-0.1, -0.05) is 45.9 Å². The fourth-order valence-electron chi connectivity index (χ4n) is 2.54. The third kappa shape index (κ3) is 3.01. The van der Waals surface area contributed by atoms with E-state index in [9.17, 15) is 0 Å². The van der Waals surface area contributed by atoms with Gasteiger partial charge in [0.2, 0.25) is 0 Å². The van der Waals surface area contributed by atoms with Gasteiger partial charge in [-0.15, -0.1) is 11.3 Å². The van der Waals surface area contributed by atoms with Gasteiger partial charge in [-0.05, 0) is 47.2 Å². The van der Waals surface area contributed by atoms with Crippen LogP contribution in [0.3, 0.4) is 0 Å². The molecular weight excluding hydrogens is 250 g/mol. The number of nitrogens with one attached hydrogen (secondary N) is 1. The molecular formula is C17H25NS. The third-order valence-corrected chi connectivity index (χ3v) is 5.09. The molecule has 1 nitrogen and oxygen atoms in total. The lowest BCUT2D eigenvalue weighted by Crippen LogP contribution is -2.34. The van der Waals surface area contributed by atoms with Crippen molar-refractivity contribution in [2.75, 3.05) is 6.54 Å². The molecule has 0 radical (unpaired) electrons. The molecule has 0 bridgehead atoms. The molecule has 1 heterocycles. The Morgan fingerprint density at radius 3 is 2.68 bits per heavy atom. The van der Waals surface area contributed by atoms with E-state index in [1.165, 1.54) is 28.5 Å². The minimum atomic E-state index is 0.271. The van der Waals surface area contributed by atoms with Crippen molar-refractivity contribution in [3.63, 3.8) is 0 Å². The average Bonchev–Trinajstić information content (AvgIpc) is 2.88. The van der Waals surface area contributed by atoms with Crippen molar-refractivity contribution in [3.8, 4) is 0 Å². The van der Waals surface area contributed by atoms with Crippen molar-refractivity contribution in [2.45, 2.75) is 46.6 Å². The Morgan fingerprint density at radius 2 is 2.00 bits per heavy atom. The quantitative estimate of drug-likeness (QED) is 0.746. The molecule has 0 aliphatic carbocycles. The van der Waals surface area contributed by atoms with Gasteiger partial charge in [0.25, 0.3) is 0 Å². The molecule has 0 aliphatic heterocycles. The smallest absolute Gasteiger partial charge is 0.0390 e. The maximum absolute atomic E-state index is 3.77. The van der Waals surface area contributed by atoms with E-state index in [-0.39, 0.29) is 5.41 Å². The Balaban J connectivity index is 2.45. The van der Waals surface area contributed by atoms with E-state index in [2.05, 4.69) is 62.7 Å². The second-order valence-corrected chi connectivity index (χ2v) is 6.83. The third-order valence-electron chi connectivity index (χ3n) is 4.11. The Kier molecular flexibility index (Phi) is 4.64. The summed E-state index contributed by atoms with van der Waals surface area (Å²) in [6.45, 7) is 10.3. The Labute approximate surface area is 121 Å². The highest BCUT2D eigenvalue weighted by Gasteiger charge is 2.29. The number of hydrogen-bond donors (Lipinski definition) is 1. The molecule has 0 fully saturated rings. The van der Waals surface area contributed by atoms with Crippen LogP contribution in [-0.2, 0) is 0 Å².